The van der Waals surface area contributed by atoms with E-state index >= 15 is 0 Å². The first-order chi connectivity index (χ1) is 9.38. The van der Waals surface area contributed by atoms with Gasteiger partial charge >= 0.3 is 6.18 Å². The Morgan fingerprint density at radius 1 is 1.50 bits per heavy atom. The summed E-state index contributed by atoms with van der Waals surface area (Å²) in [6, 6.07) is 1.61. The summed E-state index contributed by atoms with van der Waals surface area (Å²) in [6.45, 7) is 1.63. The maximum Gasteiger partial charge on any atom is 0.393 e. The largest absolute Gasteiger partial charge is 0.393 e. The molecule has 1 saturated heterocycles. The van der Waals surface area contributed by atoms with Crippen molar-refractivity contribution in [1.82, 2.24) is 20.6 Å². The van der Waals surface area contributed by atoms with E-state index in [0.29, 0.717) is 11.5 Å². The highest BCUT2D eigenvalue weighted by atomic mass is 19.4. The molecule has 1 aromatic heterocycles. The maximum atomic E-state index is 12.7. The zero-order chi connectivity index (χ0) is 14.8. The van der Waals surface area contributed by atoms with Gasteiger partial charge < -0.3 is 10.6 Å². The number of hydrogen-bond donors (Lipinski definition) is 2. The van der Waals surface area contributed by atoms with Crippen molar-refractivity contribution < 1.29 is 18.0 Å². The zero-order valence-corrected chi connectivity index (χ0v) is 10.9. The number of nitrogens with zero attached hydrogens (tertiary/aromatic N) is 2. The topological polar surface area (TPSA) is 66.9 Å². The van der Waals surface area contributed by atoms with Crippen LogP contribution in [0.3, 0.4) is 0 Å². The summed E-state index contributed by atoms with van der Waals surface area (Å²) in [4.78, 5) is 19.8. The fraction of sp³-hybridized carbons (Fsp3) is 0.583. The molecule has 1 aliphatic rings. The van der Waals surface area contributed by atoms with Crippen LogP contribution in [0.4, 0.5) is 13.2 Å². The lowest BCUT2D eigenvalue weighted by atomic mass is 9.94. The van der Waals surface area contributed by atoms with Gasteiger partial charge in [-0.1, -0.05) is 0 Å². The molecule has 0 bridgehead atoms. The van der Waals surface area contributed by atoms with Gasteiger partial charge in [0.1, 0.15) is 5.82 Å². The lowest BCUT2D eigenvalue weighted by Crippen LogP contribution is -2.40. The van der Waals surface area contributed by atoms with Gasteiger partial charge in [0.15, 0.2) is 0 Å². The van der Waals surface area contributed by atoms with Crippen molar-refractivity contribution in [3.8, 4) is 0 Å². The van der Waals surface area contributed by atoms with E-state index in [-0.39, 0.29) is 19.6 Å². The molecule has 1 fully saturated rings. The summed E-state index contributed by atoms with van der Waals surface area (Å²) in [5.41, 5.74) is 0.570. The number of rotatable bonds is 3. The van der Waals surface area contributed by atoms with Crippen LogP contribution in [-0.4, -0.2) is 35.1 Å². The summed E-state index contributed by atoms with van der Waals surface area (Å²) in [5, 5.41) is 5.11. The Labute approximate surface area is 114 Å². The number of halogens is 3. The average molecular weight is 288 g/mol. The van der Waals surface area contributed by atoms with Gasteiger partial charge in [-0.05, 0) is 13.0 Å². The van der Waals surface area contributed by atoms with Crippen LogP contribution in [-0.2, 0) is 11.3 Å². The molecule has 5 nitrogen and oxygen atoms in total. The Kier molecular flexibility index (Phi) is 4.22. The number of aromatic nitrogens is 2. The highest BCUT2D eigenvalue weighted by Gasteiger charge is 2.49. The summed E-state index contributed by atoms with van der Waals surface area (Å²) in [5.74, 6) is -2.77. The molecule has 2 rings (SSSR count). The smallest absolute Gasteiger partial charge is 0.350 e. The van der Waals surface area contributed by atoms with Gasteiger partial charge in [0.05, 0.1) is 24.1 Å². The second kappa shape index (κ2) is 5.74. The van der Waals surface area contributed by atoms with E-state index in [9.17, 15) is 18.0 Å². The van der Waals surface area contributed by atoms with E-state index < -0.39 is 23.9 Å². The van der Waals surface area contributed by atoms with Crippen LogP contribution in [0.25, 0.3) is 0 Å². The number of carbonyl (C=O) groups excluding carboxylic acids is 1. The van der Waals surface area contributed by atoms with Crippen molar-refractivity contribution in [1.29, 1.82) is 0 Å². The van der Waals surface area contributed by atoms with Crippen LogP contribution < -0.4 is 10.6 Å². The summed E-state index contributed by atoms with van der Waals surface area (Å²) < 4.78 is 38.2. The van der Waals surface area contributed by atoms with Crippen molar-refractivity contribution in [2.75, 3.05) is 13.1 Å². The Hall–Kier alpha value is -1.70. The molecule has 0 aromatic carbocycles. The number of alkyl halides is 3. The Morgan fingerprint density at radius 3 is 2.90 bits per heavy atom. The quantitative estimate of drug-likeness (QED) is 0.863. The fourth-order valence-electron chi connectivity index (χ4n) is 2.21. The number of amides is 1. The molecule has 110 valence electrons. The minimum atomic E-state index is -4.36. The number of carbonyl (C=O) groups is 1. The summed E-state index contributed by atoms with van der Waals surface area (Å²) >= 11 is 0. The van der Waals surface area contributed by atoms with Gasteiger partial charge in [0.25, 0.3) is 0 Å². The molecule has 0 unspecified atom stereocenters. The normalized spacial score (nSPS) is 22.8. The monoisotopic (exact) mass is 288 g/mol. The third-order valence-electron chi connectivity index (χ3n) is 3.25. The molecule has 8 heteroatoms. The zero-order valence-electron chi connectivity index (χ0n) is 10.9. The van der Waals surface area contributed by atoms with Gasteiger partial charge in [0, 0.05) is 19.3 Å². The third kappa shape index (κ3) is 3.44. The van der Waals surface area contributed by atoms with Gasteiger partial charge in [-0.2, -0.15) is 13.2 Å². The van der Waals surface area contributed by atoms with Crippen LogP contribution in [0, 0.1) is 18.8 Å². The standard InChI is InChI=1S/C12H15F3N4O/c1-7-17-3-2-8(19-7)4-18-11(20)9-5-16-6-10(9)12(13,14)15/h2-3,9-10,16H,4-6H2,1H3,(H,18,20)/t9-,10-/m1/s1. The predicted octanol–water partition coefficient (Wildman–Crippen LogP) is 0.799. The molecule has 0 aliphatic carbocycles. The molecule has 0 spiro atoms. The number of aryl methyl sites for hydroxylation is 1. The van der Waals surface area contributed by atoms with Crippen molar-refractivity contribution in [3.63, 3.8) is 0 Å². The van der Waals surface area contributed by atoms with Crippen LogP contribution in [0.5, 0.6) is 0 Å². The molecule has 0 saturated carbocycles. The van der Waals surface area contributed by atoms with Crippen LogP contribution >= 0.6 is 0 Å². The van der Waals surface area contributed by atoms with Crippen molar-refractivity contribution in [2.45, 2.75) is 19.6 Å². The van der Waals surface area contributed by atoms with Gasteiger partial charge in [-0.25, -0.2) is 9.97 Å². The van der Waals surface area contributed by atoms with Gasteiger partial charge in [-0.15, -0.1) is 0 Å². The van der Waals surface area contributed by atoms with E-state index in [1.165, 1.54) is 0 Å². The third-order valence-corrected chi connectivity index (χ3v) is 3.25. The molecule has 20 heavy (non-hydrogen) atoms. The van der Waals surface area contributed by atoms with Crippen molar-refractivity contribution in [2.24, 2.45) is 11.8 Å². The Bertz CT molecular complexity index is 492. The average Bonchev–Trinajstić information content (AvgIpc) is 2.85. The molecule has 2 N–H and O–H groups in total. The molecule has 1 aromatic rings. The molecule has 2 atom stereocenters. The van der Waals surface area contributed by atoms with Crippen molar-refractivity contribution in [3.05, 3.63) is 23.8 Å². The Morgan fingerprint density at radius 2 is 2.25 bits per heavy atom. The van der Waals surface area contributed by atoms with E-state index in [4.69, 9.17) is 0 Å². The molecular formula is C12H15F3N4O. The Balaban J connectivity index is 1.95. The second-order valence-electron chi connectivity index (χ2n) is 4.73. The molecule has 1 aliphatic heterocycles. The summed E-state index contributed by atoms with van der Waals surface area (Å²) in [6.07, 6.45) is -2.82. The lowest BCUT2D eigenvalue weighted by Gasteiger charge is -2.20. The van der Waals surface area contributed by atoms with E-state index in [2.05, 4.69) is 20.6 Å². The summed E-state index contributed by atoms with van der Waals surface area (Å²) in [7, 11) is 0. The van der Waals surface area contributed by atoms with Crippen molar-refractivity contribution >= 4 is 5.91 Å². The minimum Gasteiger partial charge on any atom is -0.350 e. The van der Waals surface area contributed by atoms with E-state index in [0.717, 1.165) is 0 Å². The number of hydrogen-bond acceptors (Lipinski definition) is 4. The van der Waals surface area contributed by atoms with Crippen LogP contribution in [0.15, 0.2) is 12.3 Å². The van der Waals surface area contributed by atoms with E-state index in [1.807, 2.05) is 0 Å². The molecule has 1 amide bonds. The van der Waals surface area contributed by atoms with Crippen LogP contribution in [0.2, 0.25) is 0 Å². The highest BCUT2D eigenvalue weighted by Crippen LogP contribution is 2.34. The van der Waals surface area contributed by atoms with Gasteiger partial charge in [0.2, 0.25) is 5.91 Å². The molecule has 0 radical (unpaired) electrons. The SMILES string of the molecule is Cc1nccc(CNC(=O)[C@@H]2CNC[C@H]2C(F)(F)F)n1. The first kappa shape index (κ1) is 14.7. The van der Waals surface area contributed by atoms with Crippen LogP contribution in [0.1, 0.15) is 11.5 Å². The predicted molar refractivity (Wildman–Crippen MR) is 64.5 cm³/mol. The van der Waals surface area contributed by atoms with E-state index in [1.54, 1.807) is 19.2 Å². The highest BCUT2D eigenvalue weighted by molar-refractivity contribution is 5.79. The first-order valence-corrected chi connectivity index (χ1v) is 6.21. The van der Waals surface area contributed by atoms with Gasteiger partial charge in [-0.3, -0.25) is 4.79 Å². The second-order valence-corrected chi connectivity index (χ2v) is 4.73. The minimum absolute atomic E-state index is 0.0405. The fourth-order valence-corrected chi connectivity index (χ4v) is 2.21. The lowest BCUT2D eigenvalue weighted by molar-refractivity contribution is -0.182. The molecular weight excluding hydrogens is 273 g/mol. The molecule has 2 heterocycles. The number of nitrogens with one attached hydrogen (secondary N) is 2. The first-order valence-electron chi connectivity index (χ1n) is 6.21. The maximum absolute atomic E-state index is 12.7.